The topological polar surface area (TPSA) is 77.0 Å². The number of carbonyl (C=O) groups is 2. The van der Waals surface area contributed by atoms with Crippen molar-refractivity contribution in [3.8, 4) is 0 Å². The van der Waals surface area contributed by atoms with Crippen LogP contribution in [0.25, 0.3) is 0 Å². The monoisotopic (exact) mass is 487 g/mol. The van der Waals surface area contributed by atoms with E-state index in [0.717, 1.165) is 5.56 Å². The number of hydrogen-bond acceptors (Lipinski definition) is 3. The Balaban J connectivity index is 0.00000364. The molecule has 0 radical (unpaired) electrons. The van der Waals surface area contributed by atoms with Crippen molar-refractivity contribution in [1.29, 1.82) is 0 Å². The molecule has 2 amide bonds. The van der Waals surface area contributed by atoms with E-state index in [4.69, 9.17) is 0 Å². The van der Waals surface area contributed by atoms with Crippen LogP contribution in [0.2, 0.25) is 0 Å². The quantitative estimate of drug-likeness (QED) is 0.362. The summed E-state index contributed by atoms with van der Waals surface area (Å²) >= 11 is 0. The van der Waals surface area contributed by atoms with Crippen LogP contribution in [0, 0.1) is 5.92 Å². The Hall–Kier alpha value is -1.84. The number of halogens is 1. The summed E-state index contributed by atoms with van der Waals surface area (Å²) in [5, 5.41) is 6.43. The molecule has 8 heteroatoms. The lowest BCUT2D eigenvalue weighted by molar-refractivity contribution is -0.128. The second-order valence-electron chi connectivity index (χ2n) is 6.69. The van der Waals surface area contributed by atoms with Crippen molar-refractivity contribution < 1.29 is 9.59 Å². The Morgan fingerprint density at radius 2 is 1.93 bits per heavy atom. The average molecular weight is 487 g/mol. The van der Waals surface area contributed by atoms with E-state index in [1.807, 2.05) is 37.1 Å². The predicted octanol–water partition coefficient (Wildman–Crippen LogP) is 1.47. The fourth-order valence-corrected chi connectivity index (χ4v) is 3.14. The molecule has 0 aromatic heterocycles. The Morgan fingerprint density at radius 1 is 1.26 bits per heavy atom. The molecule has 7 nitrogen and oxygen atoms in total. The van der Waals surface area contributed by atoms with Gasteiger partial charge in [-0.3, -0.25) is 9.59 Å². The number of guanidine groups is 1. The summed E-state index contributed by atoms with van der Waals surface area (Å²) in [4.78, 5) is 31.7. The van der Waals surface area contributed by atoms with Crippen LogP contribution in [0.3, 0.4) is 0 Å². The molecule has 2 N–H and O–H groups in total. The van der Waals surface area contributed by atoms with Crippen LogP contribution in [0.5, 0.6) is 0 Å². The number of likely N-dealkylation sites (N-methyl/N-ethyl adjacent to an activating group) is 1. The van der Waals surface area contributed by atoms with E-state index < -0.39 is 0 Å². The molecule has 2 atom stereocenters. The van der Waals surface area contributed by atoms with Gasteiger partial charge < -0.3 is 20.4 Å². The smallest absolute Gasteiger partial charge is 0.243 e. The second-order valence-corrected chi connectivity index (χ2v) is 6.69. The lowest BCUT2D eigenvalue weighted by Crippen LogP contribution is -2.41. The van der Waals surface area contributed by atoms with E-state index >= 15 is 0 Å². The van der Waals surface area contributed by atoms with E-state index in [1.54, 1.807) is 14.1 Å². The highest BCUT2D eigenvalue weighted by Crippen LogP contribution is 2.36. The minimum absolute atomic E-state index is 0. The Bertz CT molecular complexity index is 651. The first kappa shape index (κ1) is 23.2. The summed E-state index contributed by atoms with van der Waals surface area (Å²) < 4.78 is 0. The van der Waals surface area contributed by atoms with E-state index in [9.17, 15) is 9.59 Å². The largest absolute Gasteiger partial charge is 0.357 e. The van der Waals surface area contributed by atoms with Crippen molar-refractivity contribution in [3.05, 3.63) is 35.9 Å². The molecule has 1 heterocycles. The first-order valence-corrected chi connectivity index (χ1v) is 8.97. The third-order valence-electron chi connectivity index (χ3n) is 4.58. The first-order valence-electron chi connectivity index (χ1n) is 8.97. The third kappa shape index (κ3) is 6.37. The van der Waals surface area contributed by atoms with Gasteiger partial charge in [0.1, 0.15) is 6.54 Å². The van der Waals surface area contributed by atoms with Gasteiger partial charge in [-0.05, 0) is 12.5 Å². The van der Waals surface area contributed by atoms with Gasteiger partial charge in [-0.25, -0.2) is 4.99 Å². The van der Waals surface area contributed by atoms with E-state index in [2.05, 4.69) is 27.8 Å². The molecule has 1 aromatic rings. The number of hydrogen-bond donors (Lipinski definition) is 2. The Labute approximate surface area is 178 Å². The van der Waals surface area contributed by atoms with Crippen molar-refractivity contribution in [2.45, 2.75) is 19.4 Å². The minimum atomic E-state index is -0.0554. The van der Waals surface area contributed by atoms with Gasteiger partial charge in [-0.15, -0.1) is 24.0 Å². The predicted molar refractivity (Wildman–Crippen MR) is 118 cm³/mol. The van der Waals surface area contributed by atoms with Gasteiger partial charge in [-0.1, -0.05) is 30.3 Å². The number of rotatable bonds is 6. The summed E-state index contributed by atoms with van der Waals surface area (Å²) in [6.45, 7) is 3.38. The van der Waals surface area contributed by atoms with E-state index in [-0.39, 0.29) is 54.3 Å². The maximum Gasteiger partial charge on any atom is 0.243 e. The van der Waals surface area contributed by atoms with Gasteiger partial charge in [0.2, 0.25) is 11.8 Å². The van der Waals surface area contributed by atoms with Crippen molar-refractivity contribution in [1.82, 2.24) is 20.4 Å². The lowest BCUT2D eigenvalue weighted by Gasteiger charge is -2.26. The average Bonchev–Trinajstić information content (AvgIpc) is 2.91. The number of amides is 2. The van der Waals surface area contributed by atoms with Crippen molar-refractivity contribution in [3.63, 3.8) is 0 Å². The van der Waals surface area contributed by atoms with Crippen LogP contribution in [-0.2, 0) is 9.59 Å². The number of likely N-dealkylation sites (tertiary alicyclic amines) is 1. The maximum atomic E-state index is 12.2. The molecule has 2 unspecified atom stereocenters. The van der Waals surface area contributed by atoms with Crippen LogP contribution in [0.4, 0.5) is 0 Å². The summed E-state index contributed by atoms with van der Waals surface area (Å²) in [6.07, 6.45) is 0.499. The van der Waals surface area contributed by atoms with E-state index in [1.165, 1.54) is 4.90 Å². The maximum absolute atomic E-state index is 12.2. The molecule has 27 heavy (non-hydrogen) atoms. The van der Waals surface area contributed by atoms with Crippen LogP contribution in [-0.4, -0.2) is 68.4 Å². The molecule has 0 spiro atoms. The van der Waals surface area contributed by atoms with Gasteiger partial charge in [0.15, 0.2) is 5.96 Å². The number of nitrogens with one attached hydrogen (secondary N) is 2. The molecule has 1 saturated heterocycles. The molecule has 150 valence electrons. The van der Waals surface area contributed by atoms with E-state index in [0.29, 0.717) is 25.5 Å². The zero-order chi connectivity index (χ0) is 19.1. The highest BCUT2D eigenvalue weighted by molar-refractivity contribution is 14.0. The summed E-state index contributed by atoms with van der Waals surface area (Å²) in [5.41, 5.74) is 1.14. The van der Waals surface area contributed by atoms with Crippen LogP contribution in [0.15, 0.2) is 35.3 Å². The highest BCUT2D eigenvalue weighted by Gasteiger charge is 2.38. The van der Waals surface area contributed by atoms with Crippen LogP contribution >= 0.6 is 24.0 Å². The number of benzene rings is 1. The fraction of sp³-hybridized carbons (Fsp3) is 0.526. The number of carbonyl (C=O) groups excluding carboxylic acids is 2. The van der Waals surface area contributed by atoms with Gasteiger partial charge in [0, 0.05) is 46.6 Å². The van der Waals surface area contributed by atoms with Gasteiger partial charge in [-0.2, -0.15) is 0 Å². The molecule has 0 bridgehead atoms. The minimum Gasteiger partial charge on any atom is -0.357 e. The molecule has 1 fully saturated rings. The highest BCUT2D eigenvalue weighted by atomic mass is 127. The molecular formula is C19H30IN5O2. The second kappa shape index (κ2) is 11.1. The molecule has 1 aliphatic rings. The normalized spacial score (nSPS) is 19.5. The molecular weight excluding hydrogens is 457 g/mol. The standard InChI is InChI=1S/C19H29N5O2.HI/c1-5-20-19(22-13-17(26)23(2)3)21-12-15-11-16(25)24(4)18(15)14-9-7-6-8-10-14;/h6-10,15,18H,5,11-13H2,1-4H3,(H2,20,21,22);1H. The van der Waals surface area contributed by atoms with Gasteiger partial charge >= 0.3 is 0 Å². The number of nitrogens with zero attached hydrogens (tertiary/aromatic N) is 3. The van der Waals surface area contributed by atoms with Crippen molar-refractivity contribution in [2.75, 3.05) is 40.8 Å². The molecule has 1 aliphatic heterocycles. The summed E-state index contributed by atoms with van der Waals surface area (Å²) in [7, 11) is 5.28. The SMILES string of the molecule is CCNC(=NCC(=O)N(C)C)NCC1CC(=O)N(C)C1c1ccccc1.I. The summed E-state index contributed by atoms with van der Waals surface area (Å²) in [5.74, 6) is 0.829. The Kier molecular flexibility index (Phi) is 9.54. The number of aliphatic imine (C=N–C) groups is 1. The van der Waals surface area contributed by atoms with Crippen molar-refractivity contribution >= 4 is 41.8 Å². The third-order valence-corrected chi connectivity index (χ3v) is 4.58. The zero-order valence-corrected chi connectivity index (χ0v) is 18.8. The first-order chi connectivity index (χ1) is 12.4. The Morgan fingerprint density at radius 3 is 2.52 bits per heavy atom. The molecule has 1 aromatic carbocycles. The molecule has 0 aliphatic carbocycles. The molecule has 0 saturated carbocycles. The fourth-order valence-electron chi connectivity index (χ4n) is 3.14. The summed E-state index contributed by atoms with van der Waals surface area (Å²) in [6, 6.07) is 10.1. The van der Waals surface area contributed by atoms with Crippen LogP contribution < -0.4 is 10.6 Å². The van der Waals surface area contributed by atoms with Crippen LogP contribution in [0.1, 0.15) is 24.9 Å². The molecule has 2 rings (SSSR count). The lowest BCUT2D eigenvalue weighted by atomic mass is 9.94. The zero-order valence-electron chi connectivity index (χ0n) is 16.4. The van der Waals surface area contributed by atoms with Gasteiger partial charge in [0.25, 0.3) is 0 Å². The van der Waals surface area contributed by atoms with Crippen molar-refractivity contribution in [2.24, 2.45) is 10.9 Å². The van der Waals surface area contributed by atoms with Gasteiger partial charge in [0.05, 0.1) is 6.04 Å².